The third kappa shape index (κ3) is 6.77. The summed E-state index contributed by atoms with van der Waals surface area (Å²) in [6.07, 6.45) is 0.678. The summed E-state index contributed by atoms with van der Waals surface area (Å²) in [5, 5.41) is 0. The molecule has 0 aromatic heterocycles. The quantitative estimate of drug-likeness (QED) is 0.155. The molecule has 1 nitrogen and oxygen atoms in total. The Morgan fingerprint density at radius 2 is 1.08 bits per heavy atom. The molecule has 0 bridgehead atoms. The maximum absolute atomic E-state index is 14.9. The van der Waals surface area contributed by atoms with Crippen LogP contribution in [-0.2, 0) is 6.42 Å². The van der Waals surface area contributed by atoms with Crippen LogP contribution in [0.4, 0.5) is 26.3 Å². The standard InChI is InChI=1S/C31H26F6O/c1-2-3-4-5-6-20-7-9-21(10-8-20)22-11-13-23(14-12-22)24-15-16-26(27(32)17-24)25-18-28(33)30(29(34)19-25)38-31(35,36)37/h7-19H,2-6H2,1H3. The second kappa shape index (κ2) is 11.8. The smallest absolute Gasteiger partial charge is 0.399 e. The van der Waals surface area contributed by atoms with Crippen LogP contribution in [0, 0.1) is 17.5 Å². The predicted molar refractivity (Wildman–Crippen MR) is 137 cm³/mol. The number of hydrogen-bond acceptors (Lipinski definition) is 1. The molecule has 0 unspecified atom stereocenters. The number of ether oxygens (including phenoxy) is 1. The molecule has 4 aromatic rings. The fraction of sp³-hybridized carbons (Fsp3) is 0.226. The minimum Gasteiger partial charge on any atom is -0.399 e. The van der Waals surface area contributed by atoms with Crippen LogP contribution in [0.2, 0.25) is 0 Å². The molecule has 0 atom stereocenters. The van der Waals surface area contributed by atoms with Gasteiger partial charge in [-0.15, -0.1) is 13.2 Å². The highest BCUT2D eigenvalue weighted by molar-refractivity contribution is 5.74. The zero-order valence-electron chi connectivity index (χ0n) is 20.7. The maximum Gasteiger partial charge on any atom is 0.573 e. The second-order valence-electron chi connectivity index (χ2n) is 9.10. The lowest BCUT2D eigenvalue weighted by molar-refractivity contribution is -0.276. The number of aryl methyl sites for hydroxylation is 1. The molecular formula is C31H26F6O. The van der Waals surface area contributed by atoms with Crippen LogP contribution < -0.4 is 4.74 Å². The summed E-state index contributed by atoms with van der Waals surface area (Å²) in [5.41, 5.74) is 4.25. The lowest BCUT2D eigenvalue weighted by atomic mass is 9.97. The van der Waals surface area contributed by atoms with Crippen molar-refractivity contribution in [3.63, 3.8) is 0 Å². The van der Waals surface area contributed by atoms with Crippen LogP contribution in [0.15, 0.2) is 78.9 Å². The van der Waals surface area contributed by atoms with Gasteiger partial charge in [0.2, 0.25) is 5.75 Å². The van der Waals surface area contributed by atoms with Gasteiger partial charge in [0.1, 0.15) is 5.82 Å². The van der Waals surface area contributed by atoms with E-state index in [1.165, 1.54) is 43.4 Å². The Bertz CT molecular complexity index is 1350. The molecule has 0 aliphatic carbocycles. The molecule has 4 aromatic carbocycles. The summed E-state index contributed by atoms with van der Waals surface area (Å²) >= 11 is 0. The topological polar surface area (TPSA) is 9.23 Å². The van der Waals surface area contributed by atoms with E-state index < -0.39 is 29.6 Å². The average molecular weight is 529 g/mol. The molecule has 0 saturated carbocycles. The monoisotopic (exact) mass is 528 g/mol. The van der Waals surface area contributed by atoms with Crippen LogP contribution >= 0.6 is 0 Å². The normalized spacial score (nSPS) is 11.6. The molecular weight excluding hydrogens is 502 g/mol. The largest absolute Gasteiger partial charge is 0.573 e. The fourth-order valence-corrected chi connectivity index (χ4v) is 4.33. The molecule has 0 fully saturated rings. The van der Waals surface area contributed by atoms with Crippen molar-refractivity contribution in [2.75, 3.05) is 0 Å². The minimum atomic E-state index is -5.26. The predicted octanol–water partition coefficient (Wildman–Crippen LogP) is 10.1. The van der Waals surface area contributed by atoms with Gasteiger partial charge in [0.15, 0.2) is 11.6 Å². The summed E-state index contributed by atoms with van der Waals surface area (Å²) in [4.78, 5) is 0. The van der Waals surface area contributed by atoms with Gasteiger partial charge < -0.3 is 4.74 Å². The van der Waals surface area contributed by atoms with E-state index in [9.17, 15) is 26.3 Å². The number of alkyl halides is 3. The highest BCUT2D eigenvalue weighted by Crippen LogP contribution is 2.35. The van der Waals surface area contributed by atoms with Gasteiger partial charge in [-0.25, -0.2) is 13.2 Å². The Morgan fingerprint density at radius 1 is 0.579 bits per heavy atom. The van der Waals surface area contributed by atoms with Crippen molar-refractivity contribution in [3.8, 4) is 39.1 Å². The van der Waals surface area contributed by atoms with Crippen LogP contribution in [0.5, 0.6) is 5.75 Å². The third-order valence-corrected chi connectivity index (χ3v) is 6.32. The molecule has 4 rings (SSSR count). The van der Waals surface area contributed by atoms with Crippen molar-refractivity contribution < 1.29 is 31.1 Å². The van der Waals surface area contributed by atoms with Gasteiger partial charge in [-0.3, -0.25) is 0 Å². The maximum atomic E-state index is 14.9. The van der Waals surface area contributed by atoms with E-state index in [1.54, 1.807) is 6.07 Å². The first-order valence-electron chi connectivity index (χ1n) is 12.4. The molecule has 0 heterocycles. The molecule has 0 spiro atoms. The van der Waals surface area contributed by atoms with Crippen LogP contribution in [-0.4, -0.2) is 6.36 Å². The second-order valence-corrected chi connectivity index (χ2v) is 9.10. The van der Waals surface area contributed by atoms with Crippen molar-refractivity contribution in [2.24, 2.45) is 0 Å². The molecule has 38 heavy (non-hydrogen) atoms. The van der Waals surface area contributed by atoms with Crippen molar-refractivity contribution >= 4 is 0 Å². The van der Waals surface area contributed by atoms with Gasteiger partial charge in [0, 0.05) is 5.56 Å². The minimum absolute atomic E-state index is 0.156. The molecule has 198 valence electrons. The summed E-state index contributed by atoms with van der Waals surface area (Å²) in [7, 11) is 0. The first-order valence-corrected chi connectivity index (χ1v) is 12.4. The fourth-order valence-electron chi connectivity index (χ4n) is 4.33. The van der Waals surface area contributed by atoms with Crippen LogP contribution in [0.25, 0.3) is 33.4 Å². The van der Waals surface area contributed by atoms with Crippen molar-refractivity contribution in [1.82, 2.24) is 0 Å². The molecule has 7 heteroatoms. The summed E-state index contributed by atoms with van der Waals surface area (Å²) in [6, 6.07) is 21.3. The Labute approximate surface area is 217 Å². The Kier molecular flexibility index (Phi) is 8.45. The lowest BCUT2D eigenvalue weighted by Gasteiger charge is -2.13. The highest BCUT2D eigenvalue weighted by atomic mass is 19.4. The molecule has 0 radical (unpaired) electrons. The van der Waals surface area contributed by atoms with Crippen molar-refractivity contribution in [2.45, 2.75) is 45.4 Å². The Morgan fingerprint density at radius 3 is 1.61 bits per heavy atom. The lowest BCUT2D eigenvalue weighted by Crippen LogP contribution is -2.19. The van der Waals surface area contributed by atoms with E-state index in [0.29, 0.717) is 17.7 Å². The van der Waals surface area contributed by atoms with E-state index in [2.05, 4.69) is 35.9 Å². The van der Waals surface area contributed by atoms with Crippen LogP contribution in [0.1, 0.15) is 38.2 Å². The first kappa shape index (κ1) is 27.3. The van der Waals surface area contributed by atoms with E-state index in [-0.39, 0.29) is 11.1 Å². The van der Waals surface area contributed by atoms with E-state index in [1.807, 2.05) is 24.3 Å². The molecule has 0 N–H and O–H groups in total. The highest BCUT2D eigenvalue weighted by Gasteiger charge is 2.34. The summed E-state index contributed by atoms with van der Waals surface area (Å²) < 4.78 is 83.6. The number of hydrogen-bond donors (Lipinski definition) is 0. The van der Waals surface area contributed by atoms with Gasteiger partial charge >= 0.3 is 6.36 Å². The van der Waals surface area contributed by atoms with E-state index in [0.717, 1.165) is 23.1 Å². The van der Waals surface area contributed by atoms with Crippen LogP contribution in [0.3, 0.4) is 0 Å². The van der Waals surface area contributed by atoms with Crippen molar-refractivity contribution in [3.05, 3.63) is 102 Å². The first-order chi connectivity index (χ1) is 18.1. The SMILES string of the molecule is CCCCCCc1ccc(-c2ccc(-c3ccc(-c4cc(F)c(OC(F)(F)F)c(F)c4)c(F)c3)cc2)cc1. The third-order valence-electron chi connectivity index (χ3n) is 6.32. The molecule has 0 amide bonds. The zero-order valence-corrected chi connectivity index (χ0v) is 20.7. The van der Waals surface area contributed by atoms with Gasteiger partial charge in [-0.1, -0.05) is 86.8 Å². The van der Waals surface area contributed by atoms with Gasteiger partial charge in [0.25, 0.3) is 0 Å². The Balaban J connectivity index is 1.49. The Hall–Kier alpha value is -3.74. The van der Waals surface area contributed by atoms with Gasteiger partial charge in [-0.2, -0.15) is 0 Å². The number of benzene rings is 4. The molecule has 0 saturated heterocycles. The zero-order chi connectivity index (χ0) is 27.3. The molecule has 0 aliphatic heterocycles. The molecule has 0 aliphatic rings. The summed E-state index contributed by atoms with van der Waals surface area (Å²) in [5.74, 6) is -5.52. The summed E-state index contributed by atoms with van der Waals surface area (Å²) in [6.45, 7) is 2.19. The average Bonchev–Trinajstić information content (AvgIpc) is 2.88. The van der Waals surface area contributed by atoms with Gasteiger partial charge in [0.05, 0.1) is 0 Å². The van der Waals surface area contributed by atoms with Gasteiger partial charge in [-0.05, 0) is 64.4 Å². The number of rotatable bonds is 9. The van der Waals surface area contributed by atoms with E-state index in [4.69, 9.17) is 0 Å². The van der Waals surface area contributed by atoms with Crippen molar-refractivity contribution in [1.29, 1.82) is 0 Å². The number of halogens is 6. The van der Waals surface area contributed by atoms with E-state index >= 15 is 0 Å². The number of unbranched alkanes of at least 4 members (excludes halogenated alkanes) is 3.